The maximum Gasteiger partial charge on any atom is 0.185 e. The second-order valence-electron chi connectivity index (χ2n) is 4.03. The second-order valence-corrected chi connectivity index (χ2v) is 5.13. The molecule has 0 bridgehead atoms. The smallest absolute Gasteiger partial charge is 0.185 e. The van der Waals surface area contributed by atoms with Crippen LogP contribution in [0, 0.1) is 5.92 Å². The highest BCUT2D eigenvalue weighted by atomic mass is 32.1. The Hall–Kier alpha value is -0.610. The number of nitrogens with zero attached hydrogens (tertiary/aromatic N) is 2. The van der Waals surface area contributed by atoms with Crippen LogP contribution >= 0.6 is 11.3 Å². The first kappa shape index (κ1) is 12.5. The summed E-state index contributed by atoms with van der Waals surface area (Å²) >= 11 is 1.77. The highest BCUT2D eigenvalue weighted by molar-refractivity contribution is 7.15. The summed E-state index contributed by atoms with van der Waals surface area (Å²) in [5.74, 6) is 0.728. The SMILES string of the molecule is CCC(C)CN(C)c1ncc(CNC)s1. The van der Waals surface area contributed by atoms with Crippen LogP contribution in [-0.2, 0) is 6.54 Å². The van der Waals surface area contributed by atoms with Crippen molar-refractivity contribution in [1.29, 1.82) is 0 Å². The zero-order chi connectivity index (χ0) is 11.3. The first-order chi connectivity index (χ1) is 7.17. The Kier molecular flexibility index (Phi) is 5.05. The van der Waals surface area contributed by atoms with Crippen molar-refractivity contribution in [1.82, 2.24) is 10.3 Å². The largest absolute Gasteiger partial charge is 0.351 e. The lowest BCUT2D eigenvalue weighted by Gasteiger charge is -2.19. The summed E-state index contributed by atoms with van der Waals surface area (Å²) in [6, 6.07) is 0. The molecule has 0 aromatic carbocycles. The molecule has 0 saturated heterocycles. The van der Waals surface area contributed by atoms with E-state index in [1.165, 1.54) is 11.3 Å². The van der Waals surface area contributed by atoms with Gasteiger partial charge in [0.05, 0.1) is 0 Å². The van der Waals surface area contributed by atoms with Crippen LogP contribution in [0.25, 0.3) is 0 Å². The summed E-state index contributed by atoms with van der Waals surface area (Å²) in [4.78, 5) is 7.97. The van der Waals surface area contributed by atoms with Crippen LogP contribution < -0.4 is 10.2 Å². The second kappa shape index (κ2) is 6.08. The molecule has 0 fully saturated rings. The molecule has 0 saturated carbocycles. The fourth-order valence-electron chi connectivity index (χ4n) is 1.40. The van der Waals surface area contributed by atoms with Gasteiger partial charge in [-0.05, 0) is 13.0 Å². The Balaban J connectivity index is 2.53. The average Bonchev–Trinajstić information content (AvgIpc) is 2.67. The molecule has 0 spiro atoms. The molecule has 0 aliphatic rings. The third-order valence-corrected chi connectivity index (χ3v) is 3.61. The summed E-state index contributed by atoms with van der Waals surface area (Å²) in [6.07, 6.45) is 3.18. The van der Waals surface area contributed by atoms with Crippen molar-refractivity contribution >= 4 is 16.5 Å². The molecule has 1 N–H and O–H groups in total. The average molecular weight is 227 g/mol. The van der Waals surface area contributed by atoms with Crippen LogP contribution in [0.15, 0.2) is 6.20 Å². The fourth-order valence-corrected chi connectivity index (χ4v) is 2.30. The summed E-state index contributed by atoms with van der Waals surface area (Å²) in [7, 11) is 4.08. The van der Waals surface area contributed by atoms with E-state index >= 15 is 0 Å². The molecule has 86 valence electrons. The Bertz CT molecular complexity index is 285. The van der Waals surface area contributed by atoms with Crippen molar-refractivity contribution < 1.29 is 0 Å². The zero-order valence-corrected chi connectivity index (χ0v) is 10.9. The lowest BCUT2D eigenvalue weighted by molar-refractivity contribution is 0.559. The van der Waals surface area contributed by atoms with E-state index in [2.05, 4.69) is 36.1 Å². The topological polar surface area (TPSA) is 28.2 Å². The summed E-state index contributed by atoms with van der Waals surface area (Å²) in [5.41, 5.74) is 0. The number of anilines is 1. The number of rotatable bonds is 6. The van der Waals surface area contributed by atoms with Gasteiger partial charge in [0.15, 0.2) is 5.13 Å². The van der Waals surface area contributed by atoms with E-state index < -0.39 is 0 Å². The minimum atomic E-state index is 0.728. The first-order valence-corrected chi connectivity index (χ1v) is 6.29. The van der Waals surface area contributed by atoms with Gasteiger partial charge in [0, 0.05) is 31.2 Å². The van der Waals surface area contributed by atoms with Crippen LogP contribution in [0.5, 0.6) is 0 Å². The molecule has 15 heavy (non-hydrogen) atoms. The number of hydrogen-bond donors (Lipinski definition) is 1. The molecule has 1 heterocycles. The standard InChI is InChI=1S/C11H21N3S/c1-5-9(2)8-14(4)11-13-7-10(15-11)6-12-3/h7,9,12H,5-6,8H2,1-4H3. The van der Waals surface area contributed by atoms with Crippen molar-refractivity contribution in [2.24, 2.45) is 5.92 Å². The Labute approximate surface area is 96.5 Å². The van der Waals surface area contributed by atoms with E-state index in [4.69, 9.17) is 0 Å². The lowest BCUT2D eigenvalue weighted by Crippen LogP contribution is -2.23. The van der Waals surface area contributed by atoms with Crippen molar-refractivity contribution in [2.45, 2.75) is 26.8 Å². The van der Waals surface area contributed by atoms with Crippen LogP contribution in [-0.4, -0.2) is 25.6 Å². The molecule has 1 aromatic heterocycles. The normalized spacial score (nSPS) is 12.8. The van der Waals surface area contributed by atoms with E-state index in [1.807, 2.05) is 13.2 Å². The molecule has 1 aromatic rings. The molecule has 1 unspecified atom stereocenters. The molecule has 0 aliphatic heterocycles. The van der Waals surface area contributed by atoms with Gasteiger partial charge in [-0.3, -0.25) is 0 Å². The molecule has 3 nitrogen and oxygen atoms in total. The van der Waals surface area contributed by atoms with Crippen molar-refractivity contribution in [3.05, 3.63) is 11.1 Å². The minimum absolute atomic E-state index is 0.728. The number of aromatic nitrogens is 1. The van der Waals surface area contributed by atoms with Crippen LogP contribution in [0.3, 0.4) is 0 Å². The molecular weight excluding hydrogens is 206 g/mol. The van der Waals surface area contributed by atoms with Crippen LogP contribution in [0.4, 0.5) is 5.13 Å². The predicted molar refractivity (Wildman–Crippen MR) is 67.6 cm³/mol. The first-order valence-electron chi connectivity index (χ1n) is 5.47. The van der Waals surface area contributed by atoms with Gasteiger partial charge in [0.25, 0.3) is 0 Å². The Morgan fingerprint density at radius 1 is 1.60 bits per heavy atom. The monoisotopic (exact) mass is 227 g/mol. The molecular formula is C11H21N3S. The molecule has 1 atom stereocenters. The third kappa shape index (κ3) is 3.80. The zero-order valence-electron chi connectivity index (χ0n) is 10.1. The van der Waals surface area contributed by atoms with E-state index in [0.29, 0.717) is 0 Å². The molecule has 0 amide bonds. The quantitative estimate of drug-likeness (QED) is 0.808. The van der Waals surface area contributed by atoms with Gasteiger partial charge in [-0.25, -0.2) is 4.98 Å². The van der Waals surface area contributed by atoms with Crippen LogP contribution in [0.2, 0.25) is 0 Å². The Morgan fingerprint density at radius 2 is 2.33 bits per heavy atom. The van der Waals surface area contributed by atoms with Gasteiger partial charge in [-0.2, -0.15) is 0 Å². The van der Waals surface area contributed by atoms with E-state index in [0.717, 1.165) is 24.1 Å². The van der Waals surface area contributed by atoms with Crippen molar-refractivity contribution in [2.75, 3.05) is 25.5 Å². The molecule has 0 radical (unpaired) electrons. The highest BCUT2D eigenvalue weighted by Crippen LogP contribution is 2.22. The van der Waals surface area contributed by atoms with Gasteiger partial charge < -0.3 is 10.2 Å². The summed E-state index contributed by atoms with van der Waals surface area (Å²) in [5, 5.41) is 4.27. The van der Waals surface area contributed by atoms with Gasteiger partial charge in [-0.15, -0.1) is 11.3 Å². The van der Waals surface area contributed by atoms with E-state index in [9.17, 15) is 0 Å². The summed E-state index contributed by atoms with van der Waals surface area (Å²) in [6.45, 7) is 6.50. The van der Waals surface area contributed by atoms with E-state index in [1.54, 1.807) is 11.3 Å². The Morgan fingerprint density at radius 3 is 2.93 bits per heavy atom. The molecule has 0 aliphatic carbocycles. The van der Waals surface area contributed by atoms with Gasteiger partial charge >= 0.3 is 0 Å². The van der Waals surface area contributed by atoms with Gasteiger partial charge in [-0.1, -0.05) is 20.3 Å². The van der Waals surface area contributed by atoms with Crippen LogP contribution in [0.1, 0.15) is 25.1 Å². The number of hydrogen-bond acceptors (Lipinski definition) is 4. The minimum Gasteiger partial charge on any atom is -0.351 e. The van der Waals surface area contributed by atoms with Gasteiger partial charge in [0.2, 0.25) is 0 Å². The van der Waals surface area contributed by atoms with E-state index in [-0.39, 0.29) is 0 Å². The highest BCUT2D eigenvalue weighted by Gasteiger charge is 2.09. The third-order valence-electron chi connectivity index (χ3n) is 2.50. The summed E-state index contributed by atoms with van der Waals surface area (Å²) < 4.78 is 0. The molecule has 1 rings (SSSR count). The lowest BCUT2D eigenvalue weighted by atomic mass is 10.1. The molecule has 4 heteroatoms. The number of thiazole rings is 1. The maximum absolute atomic E-state index is 4.43. The number of nitrogens with one attached hydrogen (secondary N) is 1. The van der Waals surface area contributed by atoms with Gasteiger partial charge in [0.1, 0.15) is 0 Å². The fraction of sp³-hybridized carbons (Fsp3) is 0.727. The van der Waals surface area contributed by atoms with Crippen molar-refractivity contribution in [3.8, 4) is 0 Å². The van der Waals surface area contributed by atoms with Crippen molar-refractivity contribution in [3.63, 3.8) is 0 Å². The maximum atomic E-state index is 4.43. The predicted octanol–water partition coefficient (Wildman–Crippen LogP) is 2.34.